The van der Waals surface area contributed by atoms with Crippen LogP contribution < -0.4 is 52.9 Å². The van der Waals surface area contributed by atoms with Crippen LogP contribution in [0.2, 0.25) is 0 Å². The van der Waals surface area contributed by atoms with Gasteiger partial charge in [0.25, 0.3) is 0 Å². The molecule has 14 N–H and O–H groups in total. The quantitative estimate of drug-likeness (QED) is 0.0235. The minimum atomic E-state index is -0.186. The fourth-order valence-electron chi connectivity index (χ4n) is 12.5. The molecule has 18 rings (SSSR count). The molecule has 0 aliphatic rings. The highest BCUT2D eigenvalue weighted by Gasteiger charge is 2.26. The van der Waals surface area contributed by atoms with Gasteiger partial charge in [0.15, 0.2) is 32.9 Å². The number of nitrogens with zero attached hydrogens (tertiary/aromatic N) is 19. The molecule has 34 nitrogen and oxygen atoms in total. The molecule has 620 valence electrons. The molecule has 0 aliphatic heterocycles. The summed E-state index contributed by atoms with van der Waals surface area (Å²) in [5.41, 5.74) is 27.6. The number of H-pyrrole nitrogens is 5. The summed E-state index contributed by atoms with van der Waals surface area (Å²) in [6.07, 6.45) is 9.35. The van der Waals surface area contributed by atoms with Crippen LogP contribution in [-0.4, -0.2) is 139 Å². The fourth-order valence-corrected chi connectivity index (χ4v) is 13.7. The van der Waals surface area contributed by atoms with Crippen molar-refractivity contribution in [3.05, 3.63) is 234 Å². The predicted molar refractivity (Wildman–Crippen MR) is 482 cm³/mol. The van der Waals surface area contributed by atoms with Gasteiger partial charge in [0.05, 0.1) is 39.7 Å². The molecule has 0 radical (unpaired) electrons. The van der Waals surface area contributed by atoms with Gasteiger partial charge in [-0.1, -0.05) is 110 Å². The molecule has 0 unspecified atom stereocenters. The second-order valence-electron chi connectivity index (χ2n) is 31.1. The molecule has 18 aromatic rings. The highest BCUT2D eigenvalue weighted by Crippen LogP contribution is 2.37. The molecule has 0 saturated heterocycles. The number of fused-ring (bicyclic) bond motifs is 3. The zero-order valence-electron chi connectivity index (χ0n) is 68.7. The summed E-state index contributed by atoms with van der Waals surface area (Å²) >= 11 is 4.18. The van der Waals surface area contributed by atoms with Crippen LogP contribution in [-0.2, 0) is 16.2 Å². The van der Waals surface area contributed by atoms with Crippen molar-refractivity contribution in [1.29, 1.82) is 0 Å². The molecule has 0 fully saturated rings. The Balaban J connectivity index is 0.000000137. The van der Waals surface area contributed by atoms with Crippen molar-refractivity contribution in [2.75, 3.05) is 51.9 Å². The lowest BCUT2D eigenvalue weighted by atomic mass is 9.92. The van der Waals surface area contributed by atoms with E-state index >= 15 is 0 Å². The Morgan fingerprint density at radius 2 is 0.813 bits per heavy atom. The van der Waals surface area contributed by atoms with Crippen LogP contribution in [0.5, 0.6) is 34.9 Å². The van der Waals surface area contributed by atoms with Crippen molar-refractivity contribution in [2.24, 2.45) is 0 Å². The van der Waals surface area contributed by atoms with Crippen LogP contribution in [0, 0.1) is 0 Å². The number of hydrogen-bond donors (Lipinski definition) is 11. The largest absolute Gasteiger partial charge is 0.439 e. The standard InChI is InChI=1S/C29H28N10O2S.C29H28N10OS.C28H28N10OS/c1-29(2,3)21-14-23(39(38-21)18-8-11-20-17(13-18)7-12-24(40)31-20)33-27-35-26(36-37-27)16-5-9-19(10-6-16)41-25-15-22(30)32-28(34-25)42-4;1-29(2,3)22-15-24(39(38-22)19-10-7-17-6-5-13-31-21(17)14-19)33-27-35-26(36-37-27)18-8-11-20(12-9-18)40-25-16-23(30)32-28(34-25)41-4;1-28(2,3)21-14-23(38(37-21)18-7-10-20-17(13-18)11-12-30-20)32-26-34-25(35-36-26)16-5-8-19(9-6-16)39-24-15-22(29)31-27(33-24)40-4/h5-15H,1-4H3,(H,31,40)(H2,30,32,34)(H2,33,35,36,37);5-16H,1-4H3,(H2,30,32,34)(H2,33,35,36,37);5-15,30H,1-4H3,(H2,29,31,33)(H2,32,34,35,36). The summed E-state index contributed by atoms with van der Waals surface area (Å²) < 4.78 is 23.2. The molecule has 6 aromatic carbocycles. The predicted octanol–water partition coefficient (Wildman–Crippen LogP) is 17.6. The van der Waals surface area contributed by atoms with E-state index in [0.29, 0.717) is 109 Å². The number of rotatable bonds is 21. The number of thioether (sulfide) groups is 3. The first-order valence-electron chi connectivity index (χ1n) is 38.5. The van der Waals surface area contributed by atoms with Gasteiger partial charge in [0.2, 0.25) is 41.0 Å². The van der Waals surface area contributed by atoms with Gasteiger partial charge in [-0.25, -0.2) is 29.0 Å². The van der Waals surface area contributed by atoms with Gasteiger partial charge in [-0.05, 0) is 158 Å². The van der Waals surface area contributed by atoms with Gasteiger partial charge in [0, 0.05) is 115 Å². The van der Waals surface area contributed by atoms with Crippen LogP contribution in [0.3, 0.4) is 0 Å². The maximum Gasteiger partial charge on any atom is 0.248 e. The molecular formula is C86H84N30O4S3. The topological polar surface area (TPSA) is 459 Å². The fraction of sp³-hybridized carbons (Fsp3) is 0.174. The Hall–Kier alpha value is -15.0. The summed E-state index contributed by atoms with van der Waals surface area (Å²) in [6.45, 7) is 19.1. The smallest absolute Gasteiger partial charge is 0.248 e. The maximum atomic E-state index is 11.7. The van der Waals surface area contributed by atoms with Crippen molar-refractivity contribution in [1.82, 2.24) is 120 Å². The Morgan fingerprint density at radius 1 is 0.398 bits per heavy atom. The summed E-state index contributed by atoms with van der Waals surface area (Å²) in [5, 5.41) is 52.9. The lowest BCUT2D eigenvalue weighted by Crippen LogP contribution is -2.12. The highest BCUT2D eigenvalue weighted by molar-refractivity contribution is 7.98. The normalized spacial score (nSPS) is 11.6. The van der Waals surface area contributed by atoms with E-state index in [4.69, 9.17) is 46.7 Å². The molecule has 0 amide bonds. The molecular weight excluding hydrogens is 1610 g/mol. The third-order valence-corrected chi connectivity index (χ3v) is 20.5. The monoisotopic (exact) mass is 1700 g/mol. The van der Waals surface area contributed by atoms with Crippen molar-refractivity contribution in [3.63, 3.8) is 0 Å². The van der Waals surface area contributed by atoms with Gasteiger partial charge in [-0.2, -0.15) is 40.2 Å². The van der Waals surface area contributed by atoms with Crippen molar-refractivity contribution >= 4 is 121 Å². The van der Waals surface area contributed by atoms with Crippen molar-refractivity contribution in [2.45, 2.75) is 94.0 Å². The zero-order valence-corrected chi connectivity index (χ0v) is 71.2. The number of aromatic nitrogens is 24. The maximum absolute atomic E-state index is 11.7. The van der Waals surface area contributed by atoms with Gasteiger partial charge in [-0.15, -0.1) is 20.4 Å². The van der Waals surface area contributed by atoms with Crippen LogP contribution in [0.4, 0.5) is 52.8 Å². The highest BCUT2D eigenvalue weighted by atomic mass is 32.2. The number of nitrogen functional groups attached to an aromatic ring is 3. The second-order valence-corrected chi connectivity index (χ2v) is 33.4. The van der Waals surface area contributed by atoms with Gasteiger partial charge >= 0.3 is 0 Å². The van der Waals surface area contributed by atoms with Gasteiger partial charge in [0.1, 0.15) is 52.2 Å². The number of hydrogen-bond acceptors (Lipinski definition) is 29. The second kappa shape index (κ2) is 34.4. The SMILES string of the molecule is CSc1nc(N)cc(Oc2ccc(-c3nc(Nc4cc(C(C)(C)C)nn4-c4ccc5[nH]ccc5c4)n[nH]3)cc2)n1.CSc1nc(N)cc(Oc2ccc(-c3nc(Nc4cc(C(C)(C)C)nn4-c4ccc5cccnc5c4)n[nH]3)cc2)n1.CSc1nc(N)cc(Oc2ccc(-c3nnc(Nc4cc(C(C)(C)C)nn4-c4ccc5[nH]c(=O)ccc5c4)[nH]3)cc2)n1. The Morgan fingerprint density at radius 3 is 1.27 bits per heavy atom. The van der Waals surface area contributed by atoms with Crippen molar-refractivity contribution < 1.29 is 14.2 Å². The molecule has 0 atom stereocenters. The Kier molecular flexibility index (Phi) is 22.9. The third kappa shape index (κ3) is 19.3. The van der Waals surface area contributed by atoms with E-state index in [1.54, 1.807) is 30.5 Å². The van der Waals surface area contributed by atoms with E-state index in [9.17, 15) is 4.79 Å². The molecule has 0 saturated carbocycles. The Bertz CT molecular complexity index is 6890. The summed E-state index contributed by atoms with van der Waals surface area (Å²) in [4.78, 5) is 60.3. The van der Waals surface area contributed by atoms with E-state index in [1.807, 2.05) is 197 Å². The molecule has 12 aromatic heterocycles. The minimum Gasteiger partial charge on any atom is -0.439 e. The summed E-state index contributed by atoms with van der Waals surface area (Å²) in [7, 11) is 0. The van der Waals surface area contributed by atoms with E-state index < -0.39 is 0 Å². The number of aromatic amines is 5. The van der Waals surface area contributed by atoms with E-state index in [1.165, 1.54) is 41.4 Å². The third-order valence-electron chi connectivity index (χ3n) is 18.9. The van der Waals surface area contributed by atoms with Gasteiger partial charge < -0.3 is 62.3 Å². The molecule has 37 heteroatoms. The van der Waals surface area contributed by atoms with Gasteiger partial charge in [-0.3, -0.25) is 20.0 Å². The molecule has 123 heavy (non-hydrogen) atoms. The van der Waals surface area contributed by atoms with Crippen LogP contribution >= 0.6 is 35.3 Å². The molecule has 0 spiro atoms. The molecule has 0 bridgehead atoms. The van der Waals surface area contributed by atoms with Crippen LogP contribution in [0.15, 0.2) is 227 Å². The number of anilines is 9. The Labute approximate surface area is 716 Å². The van der Waals surface area contributed by atoms with Crippen molar-refractivity contribution in [3.8, 4) is 86.1 Å². The lowest BCUT2D eigenvalue weighted by Gasteiger charge is -2.14. The number of pyridine rings is 2. The summed E-state index contributed by atoms with van der Waals surface area (Å²) in [5.74, 6) is 9.34. The number of ether oxygens (including phenoxy) is 3. The molecule has 0 aliphatic carbocycles. The zero-order chi connectivity index (χ0) is 85.8. The van der Waals surface area contributed by atoms with Crippen LogP contribution in [0.1, 0.15) is 79.4 Å². The average molecular weight is 1700 g/mol. The minimum absolute atomic E-state index is 0.137. The first-order chi connectivity index (χ1) is 59.1. The number of benzene rings is 6. The molecule has 12 heterocycles. The number of nitrogens with two attached hydrogens (primary N) is 3. The summed E-state index contributed by atoms with van der Waals surface area (Å²) in [6, 6.07) is 60.5. The van der Waals surface area contributed by atoms with E-state index in [-0.39, 0.29) is 21.8 Å². The average Bonchev–Trinajstić information content (AvgIpc) is 1.65. The van der Waals surface area contributed by atoms with E-state index in [0.717, 1.165) is 95.2 Å². The first-order valence-corrected chi connectivity index (χ1v) is 42.2. The van der Waals surface area contributed by atoms with E-state index in [2.05, 4.69) is 175 Å². The lowest BCUT2D eigenvalue weighted by molar-refractivity contribution is 0.456. The number of nitrogens with one attached hydrogen (secondary N) is 8. The first kappa shape index (κ1) is 81.7. The van der Waals surface area contributed by atoms with Crippen LogP contribution in [0.25, 0.3) is 83.9 Å².